The zero-order chi connectivity index (χ0) is 21.7. The first-order chi connectivity index (χ1) is 11.8. The van der Waals surface area contributed by atoms with Gasteiger partial charge in [0.05, 0.1) is 5.92 Å². The molecule has 0 aliphatic heterocycles. The van der Waals surface area contributed by atoms with Crippen LogP contribution in [0.3, 0.4) is 0 Å². The second-order valence-corrected chi connectivity index (χ2v) is 9.94. The molecule has 1 saturated carbocycles. The summed E-state index contributed by atoms with van der Waals surface area (Å²) >= 11 is 0. The van der Waals surface area contributed by atoms with E-state index in [2.05, 4.69) is 6.58 Å². The minimum Gasteiger partial charge on any atom is -0.244 e. The van der Waals surface area contributed by atoms with Crippen LogP contribution in [0.25, 0.3) is 0 Å². The summed E-state index contributed by atoms with van der Waals surface area (Å²) in [6.07, 6.45) is -14.1. The van der Waals surface area contributed by atoms with Gasteiger partial charge in [-0.3, -0.25) is 0 Å². The number of hydrogen-bond acceptors (Lipinski definition) is 4. The van der Waals surface area contributed by atoms with Crippen LogP contribution in [0.2, 0.25) is 0 Å². The van der Waals surface area contributed by atoms with Gasteiger partial charge in [-0.1, -0.05) is 6.08 Å². The van der Waals surface area contributed by atoms with Gasteiger partial charge in [0.1, 0.15) is 24.7 Å². The summed E-state index contributed by atoms with van der Waals surface area (Å²) in [5.41, 5.74) is -13.4. The van der Waals surface area contributed by atoms with E-state index in [-0.39, 0.29) is 6.08 Å². The van der Waals surface area contributed by atoms with Crippen LogP contribution >= 0.6 is 0 Å². The molecule has 1 rings (SSSR count). The standard InChI is InChI=1S/C11H10F10O4S2/c1-2-3-5(12)7(14)4(8(15)6(3)13)9(26(22,23)10(16,17)18)27(24,25)11(19,20)21/h2-9H,1H2. The summed E-state index contributed by atoms with van der Waals surface area (Å²) in [6, 6.07) is 0. The predicted octanol–water partition coefficient (Wildman–Crippen LogP) is 2.97. The minimum absolute atomic E-state index is 0.274. The van der Waals surface area contributed by atoms with Crippen molar-refractivity contribution in [2.75, 3.05) is 0 Å². The molecule has 0 spiro atoms. The molecule has 1 fully saturated rings. The van der Waals surface area contributed by atoms with Gasteiger partial charge >= 0.3 is 11.0 Å². The molecule has 0 aromatic carbocycles. The number of hydrogen-bond donors (Lipinski definition) is 0. The van der Waals surface area contributed by atoms with Gasteiger partial charge in [0, 0.05) is 5.92 Å². The summed E-state index contributed by atoms with van der Waals surface area (Å²) in [7, 11) is -14.9. The molecule has 0 aromatic heterocycles. The zero-order valence-corrected chi connectivity index (χ0v) is 14.2. The molecule has 27 heavy (non-hydrogen) atoms. The highest BCUT2D eigenvalue weighted by molar-refractivity contribution is 8.09. The normalized spacial score (nSPS) is 33.9. The molecule has 0 saturated heterocycles. The highest BCUT2D eigenvalue weighted by Gasteiger charge is 2.70. The Hall–Kier alpha value is -1.06. The Morgan fingerprint density at radius 3 is 1.22 bits per heavy atom. The van der Waals surface area contributed by atoms with Crippen molar-refractivity contribution in [2.45, 2.75) is 40.3 Å². The fourth-order valence-electron chi connectivity index (χ4n) is 2.60. The molecule has 0 aromatic rings. The third-order valence-electron chi connectivity index (χ3n) is 3.92. The number of rotatable bonds is 4. The van der Waals surface area contributed by atoms with E-state index in [1.165, 1.54) is 0 Å². The van der Waals surface area contributed by atoms with Crippen LogP contribution < -0.4 is 0 Å². The van der Waals surface area contributed by atoms with Gasteiger partial charge in [0.25, 0.3) is 19.7 Å². The van der Waals surface area contributed by atoms with E-state index in [9.17, 15) is 60.7 Å². The third kappa shape index (κ3) is 3.78. The Kier molecular flexibility index (Phi) is 6.29. The Bertz CT molecular complexity index is 712. The molecular formula is C11H10F10O4S2. The van der Waals surface area contributed by atoms with E-state index in [0.29, 0.717) is 0 Å². The molecule has 4 atom stereocenters. The Morgan fingerprint density at radius 2 is 1.00 bits per heavy atom. The molecule has 0 heterocycles. The van der Waals surface area contributed by atoms with Crippen molar-refractivity contribution in [3.8, 4) is 0 Å². The quantitative estimate of drug-likeness (QED) is 0.478. The van der Waals surface area contributed by atoms with Crippen molar-refractivity contribution in [1.29, 1.82) is 0 Å². The van der Waals surface area contributed by atoms with Crippen molar-refractivity contribution in [2.24, 2.45) is 11.8 Å². The second-order valence-electron chi connectivity index (χ2n) is 5.52. The molecular weight excluding hydrogens is 450 g/mol. The fourth-order valence-corrected chi connectivity index (χ4v) is 6.55. The molecule has 0 N–H and O–H groups in total. The lowest BCUT2D eigenvalue weighted by atomic mass is 9.77. The lowest BCUT2D eigenvalue weighted by Gasteiger charge is -2.41. The molecule has 0 radical (unpaired) electrons. The summed E-state index contributed by atoms with van der Waals surface area (Å²) in [4.78, 5) is 0. The molecule has 1 aliphatic carbocycles. The Morgan fingerprint density at radius 1 is 0.704 bits per heavy atom. The van der Waals surface area contributed by atoms with Crippen LogP contribution in [-0.2, 0) is 19.7 Å². The Labute approximate surface area is 146 Å². The van der Waals surface area contributed by atoms with E-state index in [4.69, 9.17) is 0 Å². The molecule has 16 heteroatoms. The first kappa shape index (κ1) is 24.0. The van der Waals surface area contributed by atoms with Crippen molar-refractivity contribution in [1.82, 2.24) is 0 Å². The summed E-state index contributed by atoms with van der Waals surface area (Å²) in [5, 5.41) is 0. The van der Waals surface area contributed by atoms with Gasteiger partial charge in [0.2, 0.25) is 0 Å². The Balaban J connectivity index is 3.79. The summed E-state index contributed by atoms with van der Waals surface area (Å²) in [6.45, 7) is 2.79. The van der Waals surface area contributed by atoms with E-state index < -0.39 is 71.8 Å². The summed E-state index contributed by atoms with van der Waals surface area (Å²) in [5.74, 6) is -6.36. The maximum absolute atomic E-state index is 14.1. The molecule has 4 nitrogen and oxygen atoms in total. The van der Waals surface area contributed by atoms with Gasteiger partial charge < -0.3 is 0 Å². The van der Waals surface area contributed by atoms with Crippen LogP contribution in [0.4, 0.5) is 43.9 Å². The highest BCUT2D eigenvalue weighted by Crippen LogP contribution is 2.47. The predicted molar refractivity (Wildman–Crippen MR) is 70.5 cm³/mol. The number of alkyl halides is 10. The summed E-state index contributed by atoms with van der Waals surface area (Å²) < 4.78 is 173. The molecule has 4 unspecified atom stereocenters. The first-order valence-electron chi connectivity index (χ1n) is 6.63. The van der Waals surface area contributed by atoms with Crippen LogP contribution in [-0.4, -0.2) is 57.1 Å². The molecule has 0 amide bonds. The largest absolute Gasteiger partial charge is 0.498 e. The minimum atomic E-state index is -7.46. The van der Waals surface area contributed by atoms with Gasteiger partial charge in [0.15, 0.2) is 4.58 Å². The number of sulfone groups is 2. The second kappa shape index (κ2) is 7.08. The highest BCUT2D eigenvalue weighted by atomic mass is 32.3. The van der Waals surface area contributed by atoms with E-state index in [1.807, 2.05) is 0 Å². The van der Waals surface area contributed by atoms with Gasteiger partial charge in [-0.25, -0.2) is 34.4 Å². The van der Waals surface area contributed by atoms with Gasteiger partial charge in [-0.2, -0.15) is 26.3 Å². The number of halogens is 10. The van der Waals surface area contributed by atoms with Crippen LogP contribution in [0, 0.1) is 11.8 Å². The van der Waals surface area contributed by atoms with Gasteiger partial charge in [-0.15, -0.1) is 6.58 Å². The van der Waals surface area contributed by atoms with Crippen LogP contribution in [0.1, 0.15) is 0 Å². The first-order valence-corrected chi connectivity index (χ1v) is 9.72. The van der Waals surface area contributed by atoms with E-state index in [0.717, 1.165) is 0 Å². The molecule has 160 valence electrons. The third-order valence-corrected chi connectivity index (χ3v) is 8.59. The van der Waals surface area contributed by atoms with E-state index in [1.54, 1.807) is 0 Å². The van der Waals surface area contributed by atoms with E-state index >= 15 is 0 Å². The van der Waals surface area contributed by atoms with Crippen molar-refractivity contribution in [3.63, 3.8) is 0 Å². The average molecular weight is 460 g/mol. The SMILES string of the molecule is C=CC1C(F)C(F)C(C(S(=O)(=O)C(F)(F)F)S(=O)(=O)C(F)(F)F)C(F)C1F. The van der Waals surface area contributed by atoms with Crippen molar-refractivity contribution < 1.29 is 60.7 Å². The fraction of sp³-hybridized carbons (Fsp3) is 0.818. The molecule has 0 bridgehead atoms. The monoisotopic (exact) mass is 460 g/mol. The number of allylic oxidation sites excluding steroid dienone is 1. The van der Waals surface area contributed by atoms with Gasteiger partial charge in [-0.05, 0) is 0 Å². The lowest BCUT2D eigenvalue weighted by molar-refractivity contribution is -0.0698. The average Bonchev–Trinajstić information content (AvgIpc) is 2.47. The lowest BCUT2D eigenvalue weighted by Crippen LogP contribution is -2.61. The van der Waals surface area contributed by atoms with Crippen LogP contribution in [0.15, 0.2) is 12.7 Å². The smallest absolute Gasteiger partial charge is 0.244 e. The van der Waals surface area contributed by atoms with Crippen molar-refractivity contribution >= 4 is 19.7 Å². The van der Waals surface area contributed by atoms with Crippen LogP contribution in [0.5, 0.6) is 0 Å². The maximum atomic E-state index is 14.1. The topological polar surface area (TPSA) is 68.3 Å². The zero-order valence-electron chi connectivity index (χ0n) is 12.6. The maximum Gasteiger partial charge on any atom is 0.498 e. The van der Waals surface area contributed by atoms with Crippen molar-refractivity contribution in [3.05, 3.63) is 12.7 Å². The molecule has 1 aliphatic rings.